The van der Waals surface area contributed by atoms with Crippen LogP contribution in [0.15, 0.2) is 11.2 Å². The van der Waals surface area contributed by atoms with Crippen molar-refractivity contribution in [2.45, 2.75) is 34.6 Å². The van der Waals surface area contributed by atoms with E-state index in [9.17, 15) is 0 Å². The van der Waals surface area contributed by atoms with Crippen LogP contribution in [0.25, 0.3) is 0 Å². The Morgan fingerprint density at radius 3 is 2.25 bits per heavy atom. The van der Waals surface area contributed by atoms with Gasteiger partial charge in [-0.15, -0.1) is 0 Å². The van der Waals surface area contributed by atoms with E-state index in [1.165, 1.54) is 0 Å². The second-order valence-electron chi connectivity index (χ2n) is 5.87. The number of nitrogens with two attached hydrogens (primary N) is 1. The summed E-state index contributed by atoms with van der Waals surface area (Å²) in [7, 11) is 0. The fourth-order valence-corrected chi connectivity index (χ4v) is 2.00. The molecule has 0 aliphatic rings. The maximum absolute atomic E-state index is 8.79. The molecule has 0 bridgehead atoms. The Hall–Kier alpha value is -1.85. The van der Waals surface area contributed by atoms with Gasteiger partial charge in [-0.1, -0.05) is 32.9 Å². The van der Waals surface area contributed by atoms with Crippen LogP contribution in [0.4, 0.5) is 5.95 Å². The first-order chi connectivity index (χ1) is 9.33. The number of rotatable bonds is 6. The summed E-state index contributed by atoms with van der Waals surface area (Å²) in [6.45, 7) is 12.3. The van der Waals surface area contributed by atoms with Crippen molar-refractivity contribution >= 4 is 11.8 Å². The van der Waals surface area contributed by atoms with Crippen LogP contribution < -0.4 is 10.6 Å². The van der Waals surface area contributed by atoms with Crippen molar-refractivity contribution in [1.82, 2.24) is 9.97 Å². The van der Waals surface area contributed by atoms with Crippen molar-refractivity contribution in [1.29, 1.82) is 0 Å². The van der Waals surface area contributed by atoms with Gasteiger partial charge in [0.1, 0.15) is 5.69 Å². The number of nitrogens with zero attached hydrogens (tertiary/aromatic N) is 4. The highest BCUT2D eigenvalue weighted by atomic mass is 16.4. The topological polar surface area (TPSA) is 87.6 Å². The summed E-state index contributed by atoms with van der Waals surface area (Å²) in [6, 6.07) is 1.71. The Morgan fingerprint density at radius 1 is 1.25 bits per heavy atom. The minimum absolute atomic E-state index is 0.00536. The summed E-state index contributed by atoms with van der Waals surface area (Å²) in [5.41, 5.74) is 6.88. The molecule has 0 saturated heterocycles. The van der Waals surface area contributed by atoms with Crippen molar-refractivity contribution in [3.8, 4) is 0 Å². The fraction of sp³-hybridized carbons (Fsp3) is 0.643. The van der Waals surface area contributed by atoms with Crippen molar-refractivity contribution < 1.29 is 5.21 Å². The molecule has 1 aromatic rings. The molecule has 0 amide bonds. The monoisotopic (exact) mass is 279 g/mol. The molecule has 1 heterocycles. The Morgan fingerprint density at radius 2 is 1.80 bits per heavy atom. The second kappa shape index (κ2) is 7.07. The highest BCUT2D eigenvalue weighted by Crippen LogP contribution is 2.14. The second-order valence-corrected chi connectivity index (χ2v) is 5.87. The van der Waals surface area contributed by atoms with Gasteiger partial charge in [0.15, 0.2) is 5.84 Å². The molecule has 0 saturated carbocycles. The van der Waals surface area contributed by atoms with Crippen LogP contribution in [0.5, 0.6) is 0 Å². The van der Waals surface area contributed by atoms with Crippen LogP contribution in [0.1, 0.15) is 39.1 Å². The predicted octanol–water partition coefficient (Wildman–Crippen LogP) is 2.00. The average Bonchev–Trinajstić information content (AvgIpc) is 2.35. The Bertz CT molecular complexity index is 461. The summed E-state index contributed by atoms with van der Waals surface area (Å²) >= 11 is 0. The summed E-state index contributed by atoms with van der Waals surface area (Å²) in [5, 5.41) is 11.8. The lowest BCUT2D eigenvalue weighted by Crippen LogP contribution is -2.33. The van der Waals surface area contributed by atoms with Gasteiger partial charge < -0.3 is 15.8 Å². The van der Waals surface area contributed by atoms with Crippen LogP contribution in [0.3, 0.4) is 0 Å². The van der Waals surface area contributed by atoms with E-state index in [0.717, 1.165) is 18.8 Å². The first kappa shape index (κ1) is 16.2. The van der Waals surface area contributed by atoms with Crippen molar-refractivity contribution in [2.75, 3.05) is 18.0 Å². The van der Waals surface area contributed by atoms with Gasteiger partial charge in [0.2, 0.25) is 5.95 Å². The van der Waals surface area contributed by atoms with Crippen LogP contribution in [0, 0.1) is 18.8 Å². The molecule has 0 aromatic carbocycles. The van der Waals surface area contributed by atoms with Crippen LogP contribution in [-0.4, -0.2) is 34.1 Å². The SMILES string of the molecule is Cc1cc(/C(N)=N/O)nc(N(CC(C)C)CC(C)C)n1. The Kier molecular flexibility index (Phi) is 5.73. The third kappa shape index (κ3) is 4.68. The molecule has 0 spiro atoms. The molecule has 0 aliphatic heterocycles. The molecule has 112 valence electrons. The number of aromatic nitrogens is 2. The largest absolute Gasteiger partial charge is 0.409 e. The number of amidine groups is 1. The quantitative estimate of drug-likeness (QED) is 0.360. The van der Waals surface area contributed by atoms with E-state index >= 15 is 0 Å². The van der Waals surface area contributed by atoms with Crippen molar-refractivity contribution in [2.24, 2.45) is 22.7 Å². The minimum Gasteiger partial charge on any atom is -0.409 e. The fourth-order valence-electron chi connectivity index (χ4n) is 2.00. The first-order valence-electron chi connectivity index (χ1n) is 6.92. The molecule has 1 aromatic heterocycles. The third-order valence-corrected chi connectivity index (χ3v) is 2.67. The molecular formula is C14H25N5O. The van der Waals surface area contributed by atoms with E-state index in [1.54, 1.807) is 6.07 Å². The predicted molar refractivity (Wildman–Crippen MR) is 81.2 cm³/mol. The van der Waals surface area contributed by atoms with E-state index < -0.39 is 0 Å². The van der Waals surface area contributed by atoms with E-state index in [4.69, 9.17) is 10.9 Å². The highest BCUT2D eigenvalue weighted by Gasteiger charge is 2.15. The average molecular weight is 279 g/mol. The lowest BCUT2D eigenvalue weighted by atomic mass is 10.1. The summed E-state index contributed by atoms with van der Waals surface area (Å²) < 4.78 is 0. The normalized spacial score (nSPS) is 12.2. The first-order valence-corrected chi connectivity index (χ1v) is 6.92. The van der Waals surface area contributed by atoms with Gasteiger partial charge in [0.05, 0.1) is 0 Å². The van der Waals surface area contributed by atoms with E-state index in [2.05, 4.69) is 47.7 Å². The molecule has 0 radical (unpaired) electrons. The lowest BCUT2D eigenvalue weighted by Gasteiger charge is -2.26. The Balaban J connectivity index is 3.15. The molecule has 0 fully saturated rings. The molecule has 6 heteroatoms. The van der Waals surface area contributed by atoms with E-state index in [-0.39, 0.29) is 5.84 Å². The maximum Gasteiger partial charge on any atom is 0.226 e. The van der Waals surface area contributed by atoms with Gasteiger partial charge >= 0.3 is 0 Å². The standard InChI is InChI=1S/C14H25N5O/c1-9(2)7-19(8-10(3)4)14-16-11(5)6-12(17-14)13(15)18-20/h6,9-10,20H,7-8H2,1-5H3,(H2,15,18). The van der Waals surface area contributed by atoms with Gasteiger partial charge in [-0.05, 0) is 24.8 Å². The van der Waals surface area contributed by atoms with E-state index in [0.29, 0.717) is 23.5 Å². The summed E-state index contributed by atoms with van der Waals surface area (Å²) in [5.74, 6) is 1.65. The summed E-state index contributed by atoms with van der Waals surface area (Å²) in [6.07, 6.45) is 0. The number of hydrogen-bond donors (Lipinski definition) is 2. The van der Waals surface area contributed by atoms with Crippen LogP contribution >= 0.6 is 0 Å². The van der Waals surface area contributed by atoms with Gasteiger partial charge in [0.25, 0.3) is 0 Å². The molecule has 0 unspecified atom stereocenters. The molecule has 0 aliphatic carbocycles. The van der Waals surface area contributed by atoms with Gasteiger partial charge in [-0.2, -0.15) is 0 Å². The third-order valence-electron chi connectivity index (χ3n) is 2.67. The van der Waals surface area contributed by atoms with Crippen molar-refractivity contribution in [3.05, 3.63) is 17.5 Å². The number of oxime groups is 1. The van der Waals surface area contributed by atoms with Crippen molar-refractivity contribution in [3.63, 3.8) is 0 Å². The molecule has 0 atom stereocenters. The van der Waals surface area contributed by atoms with Gasteiger partial charge in [-0.3, -0.25) is 0 Å². The Labute approximate surface area is 120 Å². The number of hydrogen-bond acceptors (Lipinski definition) is 5. The molecule has 1 rings (SSSR count). The maximum atomic E-state index is 8.79. The lowest BCUT2D eigenvalue weighted by molar-refractivity contribution is 0.318. The zero-order valence-electron chi connectivity index (χ0n) is 13.0. The zero-order valence-corrected chi connectivity index (χ0v) is 13.0. The molecule has 6 nitrogen and oxygen atoms in total. The van der Waals surface area contributed by atoms with Crippen LogP contribution in [-0.2, 0) is 0 Å². The smallest absolute Gasteiger partial charge is 0.226 e. The van der Waals surface area contributed by atoms with Gasteiger partial charge in [0, 0.05) is 18.8 Å². The highest BCUT2D eigenvalue weighted by molar-refractivity contribution is 5.95. The van der Waals surface area contributed by atoms with Gasteiger partial charge in [-0.25, -0.2) is 9.97 Å². The molecule has 20 heavy (non-hydrogen) atoms. The zero-order chi connectivity index (χ0) is 15.3. The number of aryl methyl sites for hydroxylation is 1. The number of anilines is 1. The molecular weight excluding hydrogens is 254 g/mol. The summed E-state index contributed by atoms with van der Waals surface area (Å²) in [4.78, 5) is 11.0. The molecule has 3 N–H and O–H groups in total. The van der Waals surface area contributed by atoms with Crippen LogP contribution in [0.2, 0.25) is 0 Å². The van der Waals surface area contributed by atoms with E-state index in [1.807, 2.05) is 6.92 Å². The minimum atomic E-state index is 0.00536.